The first-order chi connectivity index (χ1) is 9.71. The number of benzene rings is 1. The summed E-state index contributed by atoms with van der Waals surface area (Å²) >= 11 is 0. The van der Waals surface area contributed by atoms with E-state index in [9.17, 15) is 4.79 Å². The highest BCUT2D eigenvalue weighted by Crippen LogP contribution is 2.28. The highest BCUT2D eigenvalue weighted by Gasteiger charge is 2.17. The maximum Gasteiger partial charge on any atom is 0.215 e. The van der Waals surface area contributed by atoms with Crippen LogP contribution < -0.4 is 14.2 Å². The van der Waals surface area contributed by atoms with Crippen molar-refractivity contribution >= 4 is 5.78 Å². The number of aromatic nitrogens is 1. The van der Waals surface area contributed by atoms with Crippen molar-refractivity contribution < 1.29 is 19.0 Å². The number of rotatable bonds is 5. The molecule has 5 heteroatoms. The van der Waals surface area contributed by atoms with Gasteiger partial charge in [0.05, 0.1) is 33.1 Å². The number of carbonyl (C=O) groups is 1. The number of pyridine rings is 1. The molecule has 104 valence electrons. The third-order valence-corrected chi connectivity index (χ3v) is 2.86. The fourth-order valence-electron chi connectivity index (χ4n) is 1.83. The van der Waals surface area contributed by atoms with E-state index in [1.54, 1.807) is 30.3 Å². The Balaban J connectivity index is 2.43. The molecule has 5 nitrogen and oxygen atoms in total. The molecule has 0 spiro atoms. The summed E-state index contributed by atoms with van der Waals surface area (Å²) < 4.78 is 15.5. The number of para-hydroxylation sites is 1. The number of ketones is 1. The van der Waals surface area contributed by atoms with E-state index in [1.165, 1.54) is 27.5 Å². The minimum absolute atomic E-state index is 0.233. The van der Waals surface area contributed by atoms with Crippen LogP contribution in [0, 0.1) is 0 Å². The van der Waals surface area contributed by atoms with E-state index in [0.29, 0.717) is 22.8 Å². The number of hydrogen-bond donors (Lipinski definition) is 0. The first-order valence-electron chi connectivity index (χ1n) is 5.97. The molecule has 0 saturated carbocycles. The maximum absolute atomic E-state index is 12.5. The van der Waals surface area contributed by atoms with Crippen LogP contribution in [-0.2, 0) is 0 Å². The van der Waals surface area contributed by atoms with E-state index in [-0.39, 0.29) is 11.5 Å². The number of ether oxygens (including phenoxy) is 3. The Bertz CT molecular complexity index is 625. The molecule has 0 aliphatic rings. The van der Waals surface area contributed by atoms with Crippen LogP contribution >= 0.6 is 0 Å². The van der Waals surface area contributed by atoms with E-state index in [4.69, 9.17) is 14.2 Å². The summed E-state index contributed by atoms with van der Waals surface area (Å²) in [5.74, 6) is 1.21. The Hall–Kier alpha value is -2.56. The minimum Gasteiger partial charge on any atom is -0.496 e. The van der Waals surface area contributed by atoms with Gasteiger partial charge in [-0.2, -0.15) is 0 Å². The van der Waals surface area contributed by atoms with Crippen LogP contribution in [0.2, 0.25) is 0 Å². The van der Waals surface area contributed by atoms with Crippen molar-refractivity contribution in [1.29, 1.82) is 0 Å². The van der Waals surface area contributed by atoms with E-state index in [1.807, 2.05) is 0 Å². The highest BCUT2D eigenvalue weighted by atomic mass is 16.5. The zero-order chi connectivity index (χ0) is 14.5. The molecule has 0 saturated heterocycles. The van der Waals surface area contributed by atoms with Crippen molar-refractivity contribution in [2.24, 2.45) is 0 Å². The molecule has 2 aromatic rings. The van der Waals surface area contributed by atoms with Crippen molar-refractivity contribution in [3.63, 3.8) is 0 Å². The second-order valence-electron chi connectivity index (χ2n) is 3.95. The molecular formula is C15H15NO4. The maximum atomic E-state index is 12.5. The summed E-state index contributed by atoms with van der Waals surface area (Å²) in [5.41, 5.74) is 0.724. The Morgan fingerprint density at radius 3 is 2.25 bits per heavy atom. The van der Waals surface area contributed by atoms with Crippen molar-refractivity contribution in [2.75, 3.05) is 21.3 Å². The first-order valence-corrected chi connectivity index (χ1v) is 5.97. The lowest BCUT2D eigenvalue weighted by Gasteiger charge is -2.10. The van der Waals surface area contributed by atoms with Gasteiger partial charge in [-0.3, -0.25) is 4.79 Å². The lowest BCUT2D eigenvalue weighted by atomic mass is 10.1. The van der Waals surface area contributed by atoms with Crippen LogP contribution in [0.25, 0.3) is 0 Å². The van der Waals surface area contributed by atoms with Gasteiger partial charge in [-0.1, -0.05) is 12.1 Å². The lowest BCUT2D eigenvalue weighted by Crippen LogP contribution is -2.07. The summed E-state index contributed by atoms with van der Waals surface area (Å²) in [7, 11) is 4.55. The molecule has 0 unspecified atom stereocenters. The molecule has 0 aliphatic carbocycles. The lowest BCUT2D eigenvalue weighted by molar-refractivity contribution is 0.103. The fourth-order valence-corrected chi connectivity index (χ4v) is 1.83. The second kappa shape index (κ2) is 6.06. The van der Waals surface area contributed by atoms with Gasteiger partial charge in [0.2, 0.25) is 5.78 Å². The predicted octanol–water partition coefficient (Wildman–Crippen LogP) is 2.34. The minimum atomic E-state index is -0.233. The van der Waals surface area contributed by atoms with Crippen molar-refractivity contribution in [2.45, 2.75) is 0 Å². The number of methoxy groups -OCH3 is 3. The SMILES string of the molecule is COc1cnc(C(=O)c2ccccc2OC)cc1OC. The van der Waals surface area contributed by atoms with Gasteiger partial charge in [0.15, 0.2) is 11.5 Å². The summed E-state index contributed by atoms with van der Waals surface area (Å²) in [4.78, 5) is 16.6. The van der Waals surface area contributed by atoms with Crippen LogP contribution in [0.3, 0.4) is 0 Å². The standard InChI is InChI=1S/C15H15NO4/c1-18-12-7-5-4-6-10(12)15(17)11-8-13(19-2)14(20-3)9-16-11/h4-9H,1-3H3. The van der Waals surface area contributed by atoms with E-state index in [0.717, 1.165) is 0 Å². The van der Waals surface area contributed by atoms with Crippen LogP contribution in [0.15, 0.2) is 36.5 Å². The molecule has 1 aromatic heterocycles. The highest BCUT2D eigenvalue weighted by molar-refractivity contribution is 6.09. The van der Waals surface area contributed by atoms with Crippen molar-refractivity contribution in [3.05, 3.63) is 47.8 Å². The van der Waals surface area contributed by atoms with E-state index < -0.39 is 0 Å². The summed E-state index contributed by atoms with van der Waals surface area (Å²) in [5, 5.41) is 0. The molecule has 0 atom stereocenters. The first kappa shape index (κ1) is 13.9. The Morgan fingerprint density at radius 2 is 1.60 bits per heavy atom. The average molecular weight is 273 g/mol. The predicted molar refractivity (Wildman–Crippen MR) is 73.8 cm³/mol. The molecule has 0 N–H and O–H groups in total. The third kappa shape index (κ3) is 2.56. The molecule has 0 aliphatic heterocycles. The summed E-state index contributed by atoms with van der Waals surface area (Å²) in [6, 6.07) is 8.55. The van der Waals surface area contributed by atoms with Crippen LogP contribution in [-0.4, -0.2) is 32.1 Å². The van der Waals surface area contributed by atoms with Gasteiger partial charge in [-0.25, -0.2) is 4.98 Å². The number of nitrogens with zero attached hydrogens (tertiary/aromatic N) is 1. The van der Waals surface area contributed by atoms with Gasteiger partial charge in [-0.15, -0.1) is 0 Å². The van der Waals surface area contributed by atoms with Gasteiger partial charge in [0.25, 0.3) is 0 Å². The number of carbonyl (C=O) groups excluding carboxylic acids is 1. The third-order valence-electron chi connectivity index (χ3n) is 2.86. The molecular weight excluding hydrogens is 258 g/mol. The van der Waals surface area contributed by atoms with Gasteiger partial charge < -0.3 is 14.2 Å². The van der Waals surface area contributed by atoms with Crippen LogP contribution in [0.1, 0.15) is 16.1 Å². The zero-order valence-corrected chi connectivity index (χ0v) is 11.5. The molecule has 0 amide bonds. The van der Waals surface area contributed by atoms with Gasteiger partial charge in [-0.05, 0) is 12.1 Å². The Labute approximate surface area is 117 Å². The van der Waals surface area contributed by atoms with E-state index >= 15 is 0 Å². The topological polar surface area (TPSA) is 57.7 Å². The molecule has 1 heterocycles. The average Bonchev–Trinajstić information content (AvgIpc) is 2.53. The molecule has 2 rings (SSSR count). The van der Waals surface area contributed by atoms with Crippen molar-refractivity contribution in [3.8, 4) is 17.2 Å². The van der Waals surface area contributed by atoms with Crippen molar-refractivity contribution in [1.82, 2.24) is 4.98 Å². The van der Waals surface area contributed by atoms with Gasteiger partial charge in [0, 0.05) is 6.07 Å². The Kier molecular flexibility index (Phi) is 4.20. The summed E-state index contributed by atoms with van der Waals surface area (Å²) in [6.07, 6.45) is 1.46. The van der Waals surface area contributed by atoms with Crippen LogP contribution in [0.4, 0.5) is 0 Å². The fraction of sp³-hybridized carbons (Fsp3) is 0.200. The molecule has 0 bridgehead atoms. The van der Waals surface area contributed by atoms with E-state index in [2.05, 4.69) is 4.98 Å². The molecule has 1 aromatic carbocycles. The second-order valence-corrected chi connectivity index (χ2v) is 3.95. The Morgan fingerprint density at radius 1 is 0.950 bits per heavy atom. The molecule has 0 radical (unpaired) electrons. The molecule has 20 heavy (non-hydrogen) atoms. The quantitative estimate of drug-likeness (QED) is 0.783. The normalized spacial score (nSPS) is 9.95. The largest absolute Gasteiger partial charge is 0.496 e. The monoisotopic (exact) mass is 273 g/mol. The number of hydrogen-bond acceptors (Lipinski definition) is 5. The zero-order valence-electron chi connectivity index (χ0n) is 11.5. The molecule has 0 fully saturated rings. The van der Waals surface area contributed by atoms with Gasteiger partial charge in [0.1, 0.15) is 11.4 Å². The van der Waals surface area contributed by atoms with Crippen LogP contribution in [0.5, 0.6) is 17.2 Å². The van der Waals surface area contributed by atoms with Gasteiger partial charge >= 0.3 is 0 Å². The smallest absolute Gasteiger partial charge is 0.215 e. The summed E-state index contributed by atoms with van der Waals surface area (Å²) in [6.45, 7) is 0.